The highest BCUT2D eigenvalue weighted by molar-refractivity contribution is 5.05. The van der Waals surface area contributed by atoms with Gasteiger partial charge in [-0.1, -0.05) is 41.5 Å². The first-order chi connectivity index (χ1) is 8.17. The fraction of sp³-hybridized carbons (Fsp3) is 0.765. The van der Waals surface area contributed by atoms with Gasteiger partial charge in [-0.15, -0.1) is 0 Å². The minimum absolute atomic E-state index is 0.409. The Balaban J connectivity index is 2.59. The van der Waals surface area contributed by atoms with Crippen molar-refractivity contribution in [3.05, 3.63) is 24.2 Å². The van der Waals surface area contributed by atoms with Crippen LogP contribution in [-0.2, 0) is 0 Å². The summed E-state index contributed by atoms with van der Waals surface area (Å²) in [5.74, 6) is 1.75. The second kappa shape index (κ2) is 5.95. The standard InChI is InChI=1S/C17H30O/c1-16(2,3)11-9-14(10-12-17(4,5)6)15-8-7-13-18-15/h7-8,13-14H,9-12H2,1-6H3. The minimum Gasteiger partial charge on any atom is -0.469 e. The molecule has 0 atom stereocenters. The second-order valence-corrected chi connectivity index (χ2v) is 7.91. The van der Waals surface area contributed by atoms with Crippen molar-refractivity contribution in [2.24, 2.45) is 10.8 Å². The van der Waals surface area contributed by atoms with Gasteiger partial charge in [0.25, 0.3) is 0 Å². The van der Waals surface area contributed by atoms with Gasteiger partial charge in [0.15, 0.2) is 0 Å². The lowest BCUT2D eigenvalue weighted by Gasteiger charge is -2.25. The summed E-state index contributed by atoms with van der Waals surface area (Å²) in [7, 11) is 0. The third-order valence-electron chi connectivity index (χ3n) is 3.43. The minimum atomic E-state index is 0.409. The highest BCUT2D eigenvalue weighted by atomic mass is 16.3. The molecule has 0 aromatic carbocycles. The van der Waals surface area contributed by atoms with E-state index >= 15 is 0 Å². The lowest BCUT2D eigenvalue weighted by atomic mass is 9.81. The number of hydrogen-bond acceptors (Lipinski definition) is 1. The first-order valence-corrected chi connectivity index (χ1v) is 7.21. The second-order valence-electron chi connectivity index (χ2n) is 7.91. The molecular formula is C17H30O. The van der Waals surface area contributed by atoms with Gasteiger partial charge in [-0.05, 0) is 48.6 Å². The van der Waals surface area contributed by atoms with Crippen LogP contribution in [0.3, 0.4) is 0 Å². The molecule has 0 spiro atoms. The van der Waals surface area contributed by atoms with Crippen LogP contribution in [-0.4, -0.2) is 0 Å². The average molecular weight is 250 g/mol. The van der Waals surface area contributed by atoms with E-state index in [0.717, 1.165) is 0 Å². The zero-order valence-corrected chi connectivity index (χ0v) is 13.0. The molecule has 0 aliphatic rings. The Morgan fingerprint density at radius 2 is 1.44 bits per heavy atom. The third kappa shape index (κ3) is 6.28. The lowest BCUT2D eigenvalue weighted by molar-refractivity contribution is 0.293. The summed E-state index contributed by atoms with van der Waals surface area (Å²) in [5.41, 5.74) is 0.819. The molecule has 0 bridgehead atoms. The summed E-state index contributed by atoms with van der Waals surface area (Å²) in [5, 5.41) is 0. The molecule has 1 aromatic heterocycles. The SMILES string of the molecule is CC(C)(C)CCC(CCC(C)(C)C)c1ccco1. The Hall–Kier alpha value is -0.720. The van der Waals surface area contributed by atoms with E-state index in [9.17, 15) is 0 Å². The molecule has 1 rings (SSSR count). The van der Waals surface area contributed by atoms with Gasteiger partial charge in [-0.25, -0.2) is 0 Å². The molecule has 104 valence electrons. The predicted octanol–water partition coefficient (Wildman–Crippen LogP) is 6.02. The van der Waals surface area contributed by atoms with Crippen LogP contribution in [0.5, 0.6) is 0 Å². The fourth-order valence-corrected chi connectivity index (χ4v) is 2.17. The van der Waals surface area contributed by atoms with Gasteiger partial charge in [0.1, 0.15) is 5.76 Å². The first-order valence-electron chi connectivity index (χ1n) is 7.21. The van der Waals surface area contributed by atoms with Crippen LogP contribution in [0.1, 0.15) is 78.9 Å². The topological polar surface area (TPSA) is 13.1 Å². The maximum Gasteiger partial charge on any atom is 0.106 e. The fourth-order valence-electron chi connectivity index (χ4n) is 2.17. The van der Waals surface area contributed by atoms with Crippen molar-refractivity contribution in [2.45, 2.75) is 73.1 Å². The van der Waals surface area contributed by atoms with Crippen LogP contribution < -0.4 is 0 Å². The predicted molar refractivity (Wildman–Crippen MR) is 78.8 cm³/mol. The highest BCUT2D eigenvalue weighted by Gasteiger charge is 2.21. The van der Waals surface area contributed by atoms with Crippen LogP contribution in [0.25, 0.3) is 0 Å². The maximum absolute atomic E-state index is 5.63. The summed E-state index contributed by atoms with van der Waals surface area (Å²) in [6.07, 6.45) is 6.77. The van der Waals surface area contributed by atoms with Crippen LogP contribution in [0.15, 0.2) is 22.8 Å². The Morgan fingerprint density at radius 1 is 0.944 bits per heavy atom. The Bertz CT molecular complexity index is 303. The van der Waals surface area contributed by atoms with E-state index in [2.05, 4.69) is 47.6 Å². The Morgan fingerprint density at radius 3 is 1.78 bits per heavy atom. The zero-order valence-electron chi connectivity index (χ0n) is 13.0. The van der Waals surface area contributed by atoms with Crippen molar-refractivity contribution in [3.63, 3.8) is 0 Å². The first kappa shape index (κ1) is 15.3. The van der Waals surface area contributed by atoms with E-state index < -0.39 is 0 Å². The summed E-state index contributed by atoms with van der Waals surface area (Å²) < 4.78 is 5.63. The van der Waals surface area contributed by atoms with Crippen molar-refractivity contribution >= 4 is 0 Å². The quantitative estimate of drug-likeness (QED) is 0.623. The molecule has 0 saturated carbocycles. The van der Waals surface area contributed by atoms with Crippen LogP contribution in [0.4, 0.5) is 0 Å². The number of furan rings is 1. The number of hydrogen-bond donors (Lipinski definition) is 0. The maximum atomic E-state index is 5.63. The van der Waals surface area contributed by atoms with E-state index in [1.165, 1.54) is 31.4 Å². The molecule has 1 heterocycles. The monoisotopic (exact) mass is 250 g/mol. The normalized spacial score (nSPS) is 13.3. The van der Waals surface area contributed by atoms with Gasteiger partial charge in [0, 0.05) is 5.92 Å². The summed E-state index contributed by atoms with van der Waals surface area (Å²) in [6.45, 7) is 13.9. The van der Waals surface area contributed by atoms with Crippen LogP contribution >= 0.6 is 0 Å². The smallest absolute Gasteiger partial charge is 0.106 e. The van der Waals surface area contributed by atoms with Gasteiger partial charge >= 0.3 is 0 Å². The Labute approximate surface area is 113 Å². The molecule has 0 fully saturated rings. The van der Waals surface area contributed by atoms with E-state index in [1.807, 2.05) is 6.07 Å². The largest absolute Gasteiger partial charge is 0.469 e. The van der Waals surface area contributed by atoms with Gasteiger partial charge in [0.2, 0.25) is 0 Å². The van der Waals surface area contributed by atoms with Gasteiger partial charge in [-0.3, -0.25) is 0 Å². The van der Waals surface area contributed by atoms with Crippen molar-refractivity contribution in [1.29, 1.82) is 0 Å². The summed E-state index contributed by atoms with van der Waals surface area (Å²) in [4.78, 5) is 0. The molecule has 1 nitrogen and oxygen atoms in total. The molecule has 18 heavy (non-hydrogen) atoms. The lowest BCUT2D eigenvalue weighted by Crippen LogP contribution is -2.11. The van der Waals surface area contributed by atoms with Crippen LogP contribution in [0, 0.1) is 10.8 Å². The molecule has 0 aliphatic carbocycles. The van der Waals surface area contributed by atoms with E-state index in [1.54, 1.807) is 6.26 Å². The van der Waals surface area contributed by atoms with Crippen molar-refractivity contribution in [1.82, 2.24) is 0 Å². The zero-order chi connectivity index (χ0) is 13.8. The average Bonchev–Trinajstić information content (AvgIpc) is 2.67. The summed E-state index contributed by atoms with van der Waals surface area (Å²) in [6, 6.07) is 4.15. The van der Waals surface area contributed by atoms with E-state index in [4.69, 9.17) is 4.42 Å². The number of rotatable bonds is 5. The molecular weight excluding hydrogens is 220 g/mol. The van der Waals surface area contributed by atoms with E-state index in [0.29, 0.717) is 16.7 Å². The highest BCUT2D eigenvalue weighted by Crippen LogP contribution is 2.35. The molecule has 0 radical (unpaired) electrons. The van der Waals surface area contributed by atoms with Gasteiger partial charge in [0.05, 0.1) is 6.26 Å². The van der Waals surface area contributed by atoms with Gasteiger partial charge in [-0.2, -0.15) is 0 Å². The molecule has 1 heteroatoms. The van der Waals surface area contributed by atoms with Gasteiger partial charge < -0.3 is 4.42 Å². The van der Waals surface area contributed by atoms with Crippen molar-refractivity contribution in [2.75, 3.05) is 0 Å². The molecule has 0 aliphatic heterocycles. The molecule has 0 N–H and O–H groups in total. The van der Waals surface area contributed by atoms with Crippen LogP contribution in [0.2, 0.25) is 0 Å². The molecule has 0 unspecified atom stereocenters. The molecule has 1 aromatic rings. The molecule has 0 saturated heterocycles. The summed E-state index contributed by atoms with van der Waals surface area (Å²) >= 11 is 0. The van der Waals surface area contributed by atoms with Crippen molar-refractivity contribution in [3.8, 4) is 0 Å². The van der Waals surface area contributed by atoms with Crippen molar-refractivity contribution < 1.29 is 4.42 Å². The molecule has 0 amide bonds. The Kier molecular flexibility index (Phi) is 5.07. The third-order valence-corrected chi connectivity index (χ3v) is 3.43. The van der Waals surface area contributed by atoms with E-state index in [-0.39, 0.29) is 0 Å².